The summed E-state index contributed by atoms with van der Waals surface area (Å²) in [7, 11) is 0. The van der Waals surface area contributed by atoms with E-state index >= 15 is 0 Å². The minimum atomic E-state index is -0.503. The summed E-state index contributed by atoms with van der Waals surface area (Å²) in [4.78, 5) is 33.2. The van der Waals surface area contributed by atoms with Crippen LogP contribution in [0.5, 0.6) is 0 Å². The number of rotatable bonds is 4. The molecule has 4 aromatic rings. The number of hydrogen-bond donors (Lipinski definition) is 3. The maximum atomic E-state index is 13.5. The predicted molar refractivity (Wildman–Crippen MR) is 152 cm³/mol. The van der Waals surface area contributed by atoms with Gasteiger partial charge in [-0.05, 0) is 73.6 Å². The Hall–Kier alpha value is -3.23. The van der Waals surface area contributed by atoms with Gasteiger partial charge < -0.3 is 16.8 Å². The van der Waals surface area contributed by atoms with E-state index in [1.54, 1.807) is 0 Å². The Kier molecular flexibility index (Phi) is 6.46. The van der Waals surface area contributed by atoms with Crippen LogP contribution in [0.15, 0.2) is 36.4 Å². The van der Waals surface area contributed by atoms with Gasteiger partial charge in [0, 0.05) is 16.0 Å². The van der Waals surface area contributed by atoms with Crippen LogP contribution in [0.2, 0.25) is 0 Å². The lowest BCUT2D eigenvalue weighted by molar-refractivity contribution is 0.100. The first-order valence-corrected chi connectivity index (χ1v) is 14.6. The number of aryl methyl sites for hydroxylation is 2. The van der Waals surface area contributed by atoms with Crippen LogP contribution in [0.25, 0.3) is 10.2 Å². The summed E-state index contributed by atoms with van der Waals surface area (Å²) >= 11 is 2.79. The fourth-order valence-electron chi connectivity index (χ4n) is 5.79. The number of fused-ring (bicyclic) bond motifs is 3. The predicted octanol–water partition coefficient (Wildman–Crippen LogP) is 6.22. The molecule has 2 aliphatic rings. The molecule has 0 spiro atoms. The third-order valence-electron chi connectivity index (χ3n) is 7.72. The Balaban J connectivity index is 1.31. The lowest BCUT2D eigenvalue weighted by atomic mass is 9.83. The number of pyridine rings is 1. The number of amides is 2. The number of carbonyl (C=O) groups is 2. The molecule has 0 saturated heterocycles. The summed E-state index contributed by atoms with van der Waals surface area (Å²) in [6, 6.07) is 12.6. The minimum Gasteiger partial charge on any atom is -0.397 e. The molecule has 190 valence electrons. The van der Waals surface area contributed by atoms with Crippen LogP contribution in [-0.2, 0) is 25.7 Å². The molecule has 0 radical (unpaired) electrons. The SMILES string of the molecule is NC(=O)c1c(NC(=O)c2sc3nc4c(cc3c2N)CCCCCC4)sc2c1CCC(c1ccccc1)C2. The summed E-state index contributed by atoms with van der Waals surface area (Å²) < 4.78 is 0. The maximum Gasteiger partial charge on any atom is 0.268 e. The zero-order valence-electron chi connectivity index (χ0n) is 20.6. The fraction of sp³-hybridized carbons (Fsp3) is 0.345. The highest BCUT2D eigenvalue weighted by Gasteiger charge is 2.30. The van der Waals surface area contributed by atoms with Crippen molar-refractivity contribution in [3.63, 3.8) is 0 Å². The largest absolute Gasteiger partial charge is 0.397 e. The van der Waals surface area contributed by atoms with E-state index in [2.05, 4.69) is 35.6 Å². The lowest BCUT2D eigenvalue weighted by Gasteiger charge is -2.22. The Morgan fingerprint density at radius 3 is 2.57 bits per heavy atom. The normalized spacial score (nSPS) is 17.5. The maximum absolute atomic E-state index is 13.5. The molecule has 2 aliphatic carbocycles. The van der Waals surface area contributed by atoms with E-state index in [1.807, 2.05) is 6.07 Å². The number of hydrogen-bond acceptors (Lipinski definition) is 6. The highest BCUT2D eigenvalue weighted by molar-refractivity contribution is 7.21. The van der Waals surface area contributed by atoms with Crippen molar-refractivity contribution in [3.8, 4) is 0 Å². The van der Waals surface area contributed by atoms with Crippen molar-refractivity contribution >= 4 is 55.4 Å². The molecule has 1 unspecified atom stereocenters. The van der Waals surface area contributed by atoms with Crippen LogP contribution in [-0.4, -0.2) is 16.8 Å². The fourth-order valence-corrected chi connectivity index (χ4v) is 8.11. The summed E-state index contributed by atoms with van der Waals surface area (Å²) in [6.07, 6.45) is 9.29. The Bertz CT molecular complexity index is 1510. The number of benzene rings is 1. The topological polar surface area (TPSA) is 111 Å². The van der Waals surface area contributed by atoms with Crippen LogP contribution >= 0.6 is 22.7 Å². The second-order valence-corrected chi connectivity index (χ2v) is 12.2. The second kappa shape index (κ2) is 9.91. The summed E-state index contributed by atoms with van der Waals surface area (Å²) in [5.74, 6) is -0.425. The number of anilines is 2. The first-order chi connectivity index (χ1) is 18.0. The van der Waals surface area contributed by atoms with Gasteiger partial charge in [0.1, 0.15) is 14.7 Å². The monoisotopic (exact) mass is 530 g/mol. The zero-order valence-corrected chi connectivity index (χ0v) is 22.3. The Labute approximate surface area is 224 Å². The van der Waals surface area contributed by atoms with E-state index in [0.29, 0.717) is 27.0 Å². The van der Waals surface area contributed by atoms with Gasteiger partial charge in [0.25, 0.3) is 11.8 Å². The number of carbonyl (C=O) groups excluding carboxylic acids is 2. The first-order valence-electron chi connectivity index (χ1n) is 13.0. The van der Waals surface area contributed by atoms with Gasteiger partial charge in [-0.25, -0.2) is 4.98 Å². The third-order valence-corrected chi connectivity index (χ3v) is 10.00. The molecule has 6 nitrogen and oxygen atoms in total. The standard InChI is InChI=1S/C29H30N4O2S2/c30-24-20-14-18-10-4-1-2-7-11-21(18)32-28(20)37-25(24)27(35)33-29-23(26(31)34)19-13-12-17(15-22(19)36-29)16-8-5-3-6-9-16/h3,5-6,8-9,14,17H,1-2,4,7,10-13,15,30H2,(H2,31,34)(H,33,35). The van der Waals surface area contributed by atoms with Crippen molar-refractivity contribution in [2.24, 2.45) is 5.73 Å². The number of primary amides is 1. The van der Waals surface area contributed by atoms with Crippen LogP contribution in [0, 0.1) is 0 Å². The van der Waals surface area contributed by atoms with E-state index in [4.69, 9.17) is 16.5 Å². The van der Waals surface area contributed by atoms with Gasteiger partial charge in [-0.1, -0.05) is 43.2 Å². The number of nitrogens with two attached hydrogens (primary N) is 2. The van der Waals surface area contributed by atoms with E-state index in [9.17, 15) is 9.59 Å². The molecular formula is C29H30N4O2S2. The van der Waals surface area contributed by atoms with Crippen LogP contribution in [0.4, 0.5) is 10.7 Å². The minimum absolute atomic E-state index is 0.311. The summed E-state index contributed by atoms with van der Waals surface area (Å²) in [6.45, 7) is 0. The van der Waals surface area contributed by atoms with Gasteiger partial charge in [0.05, 0.1) is 11.3 Å². The summed E-state index contributed by atoms with van der Waals surface area (Å²) in [5, 5.41) is 4.36. The Morgan fingerprint density at radius 1 is 1.00 bits per heavy atom. The third kappa shape index (κ3) is 4.53. The second-order valence-electron chi connectivity index (χ2n) is 10.1. The van der Waals surface area contributed by atoms with Gasteiger partial charge in [-0.3, -0.25) is 9.59 Å². The van der Waals surface area contributed by atoms with Gasteiger partial charge in [-0.15, -0.1) is 22.7 Å². The number of aromatic nitrogens is 1. The molecule has 0 saturated carbocycles. The van der Waals surface area contributed by atoms with Gasteiger partial charge in [0.15, 0.2) is 0 Å². The van der Waals surface area contributed by atoms with E-state index in [-0.39, 0.29) is 5.91 Å². The number of nitrogens with one attached hydrogen (secondary N) is 1. The van der Waals surface area contributed by atoms with Gasteiger partial charge >= 0.3 is 0 Å². The van der Waals surface area contributed by atoms with Gasteiger partial charge in [-0.2, -0.15) is 0 Å². The summed E-state index contributed by atoms with van der Waals surface area (Å²) in [5.41, 5.74) is 17.9. The van der Waals surface area contributed by atoms with Gasteiger partial charge in [0.2, 0.25) is 0 Å². The molecule has 0 aliphatic heterocycles. The first kappa shape index (κ1) is 24.1. The van der Waals surface area contributed by atoms with Crippen LogP contribution < -0.4 is 16.8 Å². The lowest BCUT2D eigenvalue weighted by Crippen LogP contribution is -2.19. The molecule has 0 fully saturated rings. The Morgan fingerprint density at radius 2 is 1.78 bits per heavy atom. The molecule has 3 aromatic heterocycles. The molecule has 6 rings (SSSR count). The van der Waals surface area contributed by atoms with E-state index < -0.39 is 5.91 Å². The average molecular weight is 531 g/mol. The molecule has 2 amide bonds. The molecular weight excluding hydrogens is 500 g/mol. The smallest absolute Gasteiger partial charge is 0.268 e. The van der Waals surface area contributed by atoms with Crippen LogP contribution in [0.1, 0.15) is 85.3 Å². The van der Waals surface area contributed by atoms with Crippen molar-refractivity contribution in [3.05, 3.63) is 74.1 Å². The average Bonchev–Trinajstić information content (AvgIpc) is 3.40. The number of thiophene rings is 2. The van der Waals surface area contributed by atoms with Crippen molar-refractivity contribution in [2.75, 3.05) is 11.1 Å². The molecule has 0 bridgehead atoms. The molecule has 5 N–H and O–H groups in total. The number of nitrogens with zero attached hydrogens (tertiary/aromatic N) is 1. The molecule has 3 heterocycles. The van der Waals surface area contributed by atoms with E-state index in [1.165, 1.54) is 46.6 Å². The molecule has 37 heavy (non-hydrogen) atoms. The zero-order chi connectivity index (χ0) is 25.5. The van der Waals surface area contributed by atoms with Crippen molar-refractivity contribution in [1.82, 2.24) is 4.98 Å². The highest BCUT2D eigenvalue weighted by Crippen LogP contribution is 2.43. The van der Waals surface area contributed by atoms with Crippen molar-refractivity contribution in [2.45, 2.75) is 63.7 Å². The molecule has 1 aromatic carbocycles. The molecule has 8 heteroatoms. The molecule has 1 atom stereocenters. The highest BCUT2D eigenvalue weighted by atomic mass is 32.1. The number of nitrogen functional groups attached to an aromatic ring is 1. The quantitative estimate of drug-likeness (QED) is 0.291. The van der Waals surface area contributed by atoms with Crippen LogP contribution in [0.3, 0.4) is 0 Å². The van der Waals surface area contributed by atoms with E-state index in [0.717, 1.165) is 71.3 Å². The van der Waals surface area contributed by atoms with Crippen molar-refractivity contribution in [1.29, 1.82) is 0 Å². The van der Waals surface area contributed by atoms with Crippen molar-refractivity contribution < 1.29 is 9.59 Å².